The number of methoxy groups -OCH3 is 1. The zero-order chi connectivity index (χ0) is 19.2. The molecule has 0 aliphatic carbocycles. The van der Waals surface area contributed by atoms with Gasteiger partial charge in [0, 0.05) is 36.2 Å². The van der Waals surface area contributed by atoms with Gasteiger partial charge in [0.2, 0.25) is 0 Å². The van der Waals surface area contributed by atoms with Crippen LogP contribution in [-0.4, -0.2) is 43.4 Å². The number of carbonyl (C=O) groups excluding carboxylic acids is 1. The molecule has 0 aromatic heterocycles. The normalized spacial score (nSPS) is 16.5. The minimum Gasteiger partial charge on any atom is -0.383 e. The molecular weight excluding hydrogens is 369 g/mol. The maximum Gasteiger partial charge on any atom is 0.257 e. The predicted molar refractivity (Wildman–Crippen MR) is 103 cm³/mol. The molecule has 0 bridgehead atoms. The summed E-state index contributed by atoms with van der Waals surface area (Å²) < 4.78 is 19.4. The van der Waals surface area contributed by atoms with Crippen LogP contribution >= 0.6 is 11.6 Å². The number of hydrogen-bond acceptors (Lipinski definition) is 4. The second kappa shape index (κ2) is 9.08. The minimum atomic E-state index is -0.505. The van der Waals surface area contributed by atoms with E-state index < -0.39 is 6.04 Å². The lowest BCUT2D eigenvalue weighted by Gasteiger charge is -2.22. The lowest BCUT2D eigenvalue weighted by atomic mass is 9.98. The summed E-state index contributed by atoms with van der Waals surface area (Å²) in [4.78, 5) is 12.7. The van der Waals surface area contributed by atoms with E-state index >= 15 is 0 Å². The Kier molecular flexibility index (Phi) is 6.55. The average Bonchev–Trinajstić information content (AvgIpc) is 3.11. The second-order valence-corrected chi connectivity index (χ2v) is 6.58. The Morgan fingerprint density at radius 3 is 2.78 bits per heavy atom. The third-order valence-electron chi connectivity index (χ3n) is 4.37. The van der Waals surface area contributed by atoms with Gasteiger partial charge in [-0.1, -0.05) is 48.0 Å². The van der Waals surface area contributed by atoms with Gasteiger partial charge in [-0.3, -0.25) is 4.79 Å². The highest BCUT2D eigenvalue weighted by molar-refractivity contribution is 6.34. The quantitative estimate of drug-likeness (QED) is 0.738. The molecule has 27 heavy (non-hydrogen) atoms. The number of hydrazone groups is 1. The summed E-state index contributed by atoms with van der Waals surface area (Å²) in [6, 6.07) is 13.3. The van der Waals surface area contributed by atoms with Gasteiger partial charge in [-0.15, -0.1) is 0 Å². The first kappa shape index (κ1) is 19.5. The molecule has 0 saturated heterocycles. The van der Waals surface area contributed by atoms with Gasteiger partial charge in [-0.2, -0.15) is 5.10 Å². The van der Waals surface area contributed by atoms with Crippen molar-refractivity contribution in [1.29, 1.82) is 0 Å². The van der Waals surface area contributed by atoms with Crippen LogP contribution in [0, 0.1) is 5.82 Å². The van der Waals surface area contributed by atoms with E-state index in [0.717, 1.165) is 5.56 Å². The summed E-state index contributed by atoms with van der Waals surface area (Å²) in [5, 5.41) is 9.42. The van der Waals surface area contributed by atoms with Crippen LogP contribution in [0.4, 0.5) is 4.39 Å². The van der Waals surface area contributed by atoms with Gasteiger partial charge in [0.15, 0.2) is 0 Å². The number of nitrogens with one attached hydrogen (secondary N) is 1. The monoisotopic (exact) mass is 389 g/mol. The molecular formula is C20H21ClFN3O2. The summed E-state index contributed by atoms with van der Waals surface area (Å²) in [6.07, 6.45) is 0.397. The highest BCUT2D eigenvalue weighted by atomic mass is 35.5. The average molecular weight is 390 g/mol. The first-order chi connectivity index (χ1) is 13.1. The number of amides is 1. The van der Waals surface area contributed by atoms with Crippen molar-refractivity contribution in [2.75, 3.05) is 26.8 Å². The third kappa shape index (κ3) is 4.53. The molecule has 1 N–H and O–H groups in total. The van der Waals surface area contributed by atoms with E-state index in [0.29, 0.717) is 35.9 Å². The molecule has 2 aromatic carbocycles. The number of nitrogens with zero attached hydrogens (tertiary/aromatic N) is 2. The molecule has 5 nitrogen and oxygen atoms in total. The van der Waals surface area contributed by atoms with E-state index in [1.807, 2.05) is 18.2 Å². The fraction of sp³-hybridized carbons (Fsp3) is 0.300. The van der Waals surface area contributed by atoms with Crippen molar-refractivity contribution < 1.29 is 13.9 Å². The molecule has 1 unspecified atom stereocenters. The Morgan fingerprint density at radius 1 is 1.30 bits per heavy atom. The molecule has 1 amide bonds. The maximum absolute atomic E-state index is 14.4. The van der Waals surface area contributed by atoms with Crippen LogP contribution in [0.25, 0.3) is 0 Å². The van der Waals surface area contributed by atoms with Crippen LogP contribution in [0.2, 0.25) is 5.02 Å². The van der Waals surface area contributed by atoms with E-state index in [1.165, 1.54) is 11.1 Å². The maximum atomic E-state index is 14.4. The van der Waals surface area contributed by atoms with Gasteiger partial charge in [-0.05, 0) is 12.1 Å². The van der Waals surface area contributed by atoms with E-state index in [2.05, 4.69) is 10.4 Å². The van der Waals surface area contributed by atoms with Crippen LogP contribution in [0.3, 0.4) is 0 Å². The van der Waals surface area contributed by atoms with E-state index in [1.54, 1.807) is 31.4 Å². The zero-order valence-corrected chi connectivity index (χ0v) is 15.7. The Hall–Kier alpha value is -2.28. The standard InChI is InChI=1S/C20H21ClFN3O2/c1-27-11-10-23-13-20(26)25-19(15-7-3-5-9-17(15)22)12-18(24-25)14-6-2-4-8-16(14)21/h2-9,19,23H,10-13H2,1H3. The number of rotatable bonds is 7. The summed E-state index contributed by atoms with van der Waals surface area (Å²) in [7, 11) is 1.60. The van der Waals surface area contributed by atoms with Crippen molar-refractivity contribution in [1.82, 2.24) is 10.3 Å². The Labute approximate surface area is 162 Å². The highest BCUT2D eigenvalue weighted by Gasteiger charge is 2.34. The van der Waals surface area contributed by atoms with Crippen LogP contribution in [-0.2, 0) is 9.53 Å². The van der Waals surface area contributed by atoms with Gasteiger partial charge in [0.05, 0.1) is 24.9 Å². The molecule has 2 aromatic rings. The first-order valence-electron chi connectivity index (χ1n) is 8.70. The second-order valence-electron chi connectivity index (χ2n) is 6.18. The number of benzene rings is 2. The van der Waals surface area contributed by atoms with Crippen molar-refractivity contribution in [2.24, 2.45) is 5.10 Å². The van der Waals surface area contributed by atoms with E-state index in [-0.39, 0.29) is 18.3 Å². The molecule has 1 heterocycles. The van der Waals surface area contributed by atoms with Gasteiger partial charge in [-0.25, -0.2) is 9.40 Å². The van der Waals surface area contributed by atoms with Gasteiger partial charge >= 0.3 is 0 Å². The zero-order valence-electron chi connectivity index (χ0n) is 15.0. The Balaban J connectivity index is 1.87. The number of carbonyl (C=O) groups is 1. The Morgan fingerprint density at radius 2 is 2.04 bits per heavy atom. The van der Waals surface area contributed by atoms with Crippen molar-refractivity contribution >= 4 is 23.2 Å². The van der Waals surface area contributed by atoms with E-state index in [9.17, 15) is 9.18 Å². The molecule has 3 rings (SSSR count). The number of halogens is 2. The van der Waals surface area contributed by atoms with Gasteiger partial charge < -0.3 is 10.1 Å². The molecule has 1 atom stereocenters. The van der Waals surface area contributed by atoms with Crippen molar-refractivity contribution in [3.8, 4) is 0 Å². The van der Waals surface area contributed by atoms with E-state index in [4.69, 9.17) is 16.3 Å². The van der Waals surface area contributed by atoms with Crippen LogP contribution in [0.15, 0.2) is 53.6 Å². The summed E-state index contributed by atoms with van der Waals surface area (Å²) in [5.74, 6) is -0.593. The smallest absolute Gasteiger partial charge is 0.257 e. The SMILES string of the molecule is COCCNCC(=O)N1N=C(c2ccccc2Cl)CC1c1ccccc1F. The first-order valence-corrected chi connectivity index (χ1v) is 9.08. The molecule has 7 heteroatoms. The molecule has 1 aliphatic rings. The minimum absolute atomic E-state index is 0.0909. The van der Waals surface area contributed by atoms with Gasteiger partial charge in [0.1, 0.15) is 5.82 Å². The van der Waals surface area contributed by atoms with Crippen LogP contribution in [0.5, 0.6) is 0 Å². The predicted octanol–water partition coefficient (Wildman–Crippen LogP) is 3.39. The van der Waals surface area contributed by atoms with Crippen molar-refractivity contribution in [3.05, 3.63) is 70.5 Å². The molecule has 0 radical (unpaired) electrons. The lowest BCUT2D eigenvalue weighted by Crippen LogP contribution is -2.36. The molecule has 1 aliphatic heterocycles. The molecule has 0 spiro atoms. The molecule has 142 valence electrons. The summed E-state index contributed by atoms with van der Waals surface area (Å²) in [5.41, 5.74) is 1.86. The number of hydrogen-bond donors (Lipinski definition) is 1. The Bertz CT molecular complexity index is 843. The van der Waals surface area contributed by atoms with Crippen LogP contribution in [0.1, 0.15) is 23.6 Å². The van der Waals surface area contributed by atoms with Crippen molar-refractivity contribution in [3.63, 3.8) is 0 Å². The highest BCUT2D eigenvalue weighted by Crippen LogP contribution is 2.35. The fourth-order valence-electron chi connectivity index (χ4n) is 3.04. The molecule has 0 saturated carbocycles. The largest absolute Gasteiger partial charge is 0.383 e. The third-order valence-corrected chi connectivity index (χ3v) is 4.70. The number of ether oxygens (including phenoxy) is 1. The van der Waals surface area contributed by atoms with Crippen LogP contribution < -0.4 is 5.32 Å². The van der Waals surface area contributed by atoms with Crippen molar-refractivity contribution in [2.45, 2.75) is 12.5 Å². The van der Waals surface area contributed by atoms with Gasteiger partial charge in [0.25, 0.3) is 5.91 Å². The lowest BCUT2D eigenvalue weighted by molar-refractivity contribution is -0.132. The molecule has 0 fully saturated rings. The topological polar surface area (TPSA) is 53.9 Å². The summed E-state index contributed by atoms with van der Waals surface area (Å²) in [6.45, 7) is 1.13. The summed E-state index contributed by atoms with van der Waals surface area (Å²) >= 11 is 6.29. The fourth-order valence-corrected chi connectivity index (χ4v) is 3.28.